The van der Waals surface area contributed by atoms with Crippen LogP contribution in [-0.2, 0) is 9.53 Å². The van der Waals surface area contributed by atoms with E-state index < -0.39 is 5.54 Å². The summed E-state index contributed by atoms with van der Waals surface area (Å²) in [6.45, 7) is 5.02. The van der Waals surface area contributed by atoms with Crippen molar-refractivity contribution in [1.82, 2.24) is 5.32 Å². The number of hydrogen-bond donors (Lipinski definition) is 2. The van der Waals surface area contributed by atoms with Gasteiger partial charge >= 0.3 is 0 Å². The predicted octanol–water partition coefficient (Wildman–Crippen LogP) is 4.57. The minimum Gasteiger partial charge on any atom is -0.509 e. The Labute approximate surface area is 163 Å². The molecule has 5 heteroatoms. The summed E-state index contributed by atoms with van der Waals surface area (Å²) < 4.78 is 5.41. The van der Waals surface area contributed by atoms with Crippen molar-refractivity contribution in [1.29, 1.82) is 0 Å². The lowest BCUT2D eigenvalue weighted by Gasteiger charge is -2.33. The summed E-state index contributed by atoms with van der Waals surface area (Å²) in [4.78, 5) is 12.8. The van der Waals surface area contributed by atoms with Crippen LogP contribution in [0.5, 0.6) is 0 Å². The molecule has 0 atom stereocenters. The molecule has 0 radical (unpaired) electrons. The number of ether oxygens (including phenoxy) is 1. The third-order valence-electron chi connectivity index (χ3n) is 5.58. The van der Waals surface area contributed by atoms with Gasteiger partial charge in [0, 0.05) is 31.1 Å². The highest BCUT2D eigenvalue weighted by molar-refractivity contribution is 6.30. The monoisotopic (exact) mass is 383 g/mol. The smallest absolute Gasteiger partial charge is 0.256 e. The molecule has 2 heterocycles. The molecule has 1 spiro atoms. The van der Waals surface area contributed by atoms with Crippen LogP contribution in [0.3, 0.4) is 0 Å². The van der Waals surface area contributed by atoms with Gasteiger partial charge in [-0.3, -0.25) is 4.79 Å². The van der Waals surface area contributed by atoms with E-state index in [-0.39, 0.29) is 11.7 Å². The van der Waals surface area contributed by atoms with Crippen LogP contribution >= 0.6 is 11.6 Å². The lowest BCUT2D eigenvalue weighted by Crippen LogP contribution is -2.48. The summed E-state index contributed by atoms with van der Waals surface area (Å²) in [6.07, 6.45) is 1.18. The van der Waals surface area contributed by atoms with Gasteiger partial charge in [-0.1, -0.05) is 35.9 Å². The summed E-state index contributed by atoms with van der Waals surface area (Å²) in [6, 6.07) is 11.8. The molecule has 2 N–H and O–H groups in total. The molecule has 4 nitrogen and oxygen atoms in total. The first-order valence-corrected chi connectivity index (χ1v) is 9.51. The van der Waals surface area contributed by atoms with Gasteiger partial charge in [0.05, 0.1) is 5.57 Å². The zero-order chi connectivity index (χ0) is 19.2. The molecular weight excluding hydrogens is 362 g/mol. The fourth-order valence-corrected chi connectivity index (χ4v) is 4.29. The van der Waals surface area contributed by atoms with Crippen LogP contribution in [-0.4, -0.2) is 29.8 Å². The molecule has 2 aliphatic rings. The van der Waals surface area contributed by atoms with Crippen LogP contribution in [0.4, 0.5) is 0 Å². The van der Waals surface area contributed by atoms with E-state index in [1.807, 2.05) is 50.2 Å². The number of hydrogen-bond acceptors (Lipinski definition) is 3. The second-order valence-electron chi connectivity index (χ2n) is 7.36. The Balaban J connectivity index is 1.80. The average Bonchev–Trinajstić information content (AvgIpc) is 2.86. The van der Waals surface area contributed by atoms with Crippen LogP contribution < -0.4 is 5.32 Å². The lowest BCUT2D eigenvalue weighted by molar-refractivity contribution is -0.117. The molecule has 0 saturated carbocycles. The first-order chi connectivity index (χ1) is 12.9. The van der Waals surface area contributed by atoms with E-state index in [1.165, 1.54) is 0 Å². The van der Waals surface area contributed by atoms with Crippen LogP contribution in [0.1, 0.15) is 29.5 Å². The van der Waals surface area contributed by atoms with Crippen molar-refractivity contribution in [3.8, 4) is 11.1 Å². The van der Waals surface area contributed by atoms with E-state index in [0.717, 1.165) is 27.8 Å². The number of aryl methyl sites for hydroxylation is 2. The molecule has 0 aliphatic carbocycles. The van der Waals surface area contributed by atoms with E-state index in [9.17, 15) is 9.90 Å². The highest BCUT2D eigenvalue weighted by Crippen LogP contribution is 2.40. The van der Waals surface area contributed by atoms with Gasteiger partial charge in [-0.25, -0.2) is 0 Å². The number of rotatable bonds is 2. The molecule has 0 aromatic heterocycles. The van der Waals surface area contributed by atoms with Crippen molar-refractivity contribution in [2.45, 2.75) is 32.2 Å². The molecule has 0 unspecified atom stereocenters. The second-order valence-corrected chi connectivity index (χ2v) is 7.80. The molecule has 1 amide bonds. The Bertz CT molecular complexity index is 918. The van der Waals surface area contributed by atoms with Gasteiger partial charge in [0.25, 0.3) is 5.91 Å². The zero-order valence-electron chi connectivity index (χ0n) is 15.4. The SMILES string of the molecule is Cc1cc(-c2ccc(Cl)cc2)cc(C)c1C1=C(O)C2(CCOCC2)NC1=O. The standard InChI is InChI=1S/C22H22ClNO3/c1-13-11-16(15-3-5-17(23)6-4-15)12-14(2)18(13)19-20(25)22(24-21(19)26)7-9-27-10-8-22/h3-6,11-12,25H,7-10H2,1-2H3,(H,24,26). The van der Waals surface area contributed by atoms with E-state index in [1.54, 1.807) is 0 Å². The third kappa shape index (κ3) is 3.03. The lowest BCUT2D eigenvalue weighted by atomic mass is 9.86. The van der Waals surface area contributed by atoms with Crippen molar-refractivity contribution in [2.24, 2.45) is 0 Å². The molecule has 0 bridgehead atoms. The molecule has 1 fully saturated rings. The number of carbonyl (C=O) groups is 1. The zero-order valence-corrected chi connectivity index (χ0v) is 16.2. The number of nitrogens with one attached hydrogen (secondary N) is 1. The Morgan fingerprint density at radius 1 is 1.04 bits per heavy atom. The van der Waals surface area contributed by atoms with Gasteiger partial charge in [0.1, 0.15) is 11.3 Å². The maximum Gasteiger partial charge on any atom is 0.256 e. The van der Waals surface area contributed by atoms with Crippen molar-refractivity contribution >= 4 is 23.1 Å². The minimum atomic E-state index is -0.682. The van der Waals surface area contributed by atoms with Gasteiger partial charge in [0.15, 0.2) is 0 Å². The van der Waals surface area contributed by atoms with Crippen molar-refractivity contribution in [3.63, 3.8) is 0 Å². The predicted molar refractivity (Wildman–Crippen MR) is 107 cm³/mol. The van der Waals surface area contributed by atoms with Crippen LogP contribution in [0.25, 0.3) is 16.7 Å². The largest absolute Gasteiger partial charge is 0.509 e. The molecule has 2 aliphatic heterocycles. The molecule has 1 saturated heterocycles. The van der Waals surface area contributed by atoms with Gasteiger partial charge in [0.2, 0.25) is 0 Å². The van der Waals surface area contributed by atoms with Crippen LogP contribution in [0.15, 0.2) is 42.2 Å². The van der Waals surface area contributed by atoms with Crippen molar-refractivity contribution in [2.75, 3.05) is 13.2 Å². The fraction of sp³-hybridized carbons (Fsp3) is 0.318. The highest BCUT2D eigenvalue weighted by Gasteiger charge is 2.47. The fourth-order valence-electron chi connectivity index (χ4n) is 4.17. The van der Waals surface area contributed by atoms with E-state index in [2.05, 4.69) is 5.32 Å². The Morgan fingerprint density at radius 3 is 2.22 bits per heavy atom. The van der Waals surface area contributed by atoms with Crippen molar-refractivity contribution in [3.05, 3.63) is 63.9 Å². The maximum absolute atomic E-state index is 12.8. The van der Waals surface area contributed by atoms with Gasteiger partial charge in [-0.05, 0) is 53.8 Å². The molecule has 2 aromatic rings. The van der Waals surface area contributed by atoms with E-state index in [4.69, 9.17) is 16.3 Å². The Kier molecular flexibility index (Phi) is 4.49. The third-order valence-corrected chi connectivity index (χ3v) is 5.83. The molecule has 140 valence electrons. The molecule has 2 aromatic carbocycles. The first-order valence-electron chi connectivity index (χ1n) is 9.13. The molecule has 4 rings (SSSR count). The number of benzene rings is 2. The van der Waals surface area contributed by atoms with E-state index >= 15 is 0 Å². The average molecular weight is 384 g/mol. The number of amides is 1. The quantitative estimate of drug-likeness (QED) is 0.798. The number of aliphatic hydroxyl groups excluding tert-OH is 1. The molecule has 27 heavy (non-hydrogen) atoms. The van der Waals surface area contributed by atoms with Gasteiger partial charge in [-0.15, -0.1) is 0 Å². The normalized spacial score (nSPS) is 18.9. The maximum atomic E-state index is 12.8. The summed E-state index contributed by atoms with van der Waals surface area (Å²) in [5.74, 6) is -0.0546. The summed E-state index contributed by atoms with van der Waals surface area (Å²) >= 11 is 5.99. The number of carbonyl (C=O) groups excluding carboxylic acids is 1. The van der Waals surface area contributed by atoms with E-state index in [0.29, 0.717) is 36.7 Å². The Hall–Kier alpha value is -2.30. The second kappa shape index (κ2) is 6.70. The summed E-state index contributed by atoms with van der Waals surface area (Å²) in [7, 11) is 0. The van der Waals surface area contributed by atoms with Crippen LogP contribution in [0, 0.1) is 13.8 Å². The topological polar surface area (TPSA) is 58.6 Å². The van der Waals surface area contributed by atoms with Gasteiger partial charge in [-0.2, -0.15) is 0 Å². The number of halogens is 1. The number of aliphatic hydroxyl groups is 1. The summed E-state index contributed by atoms with van der Waals surface area (Å²) in [5.41, 5.74) is 4.57. The minimum absolute atomic E-state index is 0.154. The summed E-state index contributed by atoms with van der Waals surface area (Å²) in [5, 5.41) is 14.7. The highest BCUT2D eigenvalue weighted by atomic mass is 35.5. The Morgan fingerprint density at radius 2 is 1.63 bits per heavy atom. The van der Waals surface area contributed by atoms with Crippen molar-refractivity contribution < 1.29 is 14.6 Å². The van der Waals surface area contributed by atoms with Gasteiger partial charge < -0.3 is 15.2 Å². The first kappa shape index (κ1) is 18.1. The van der Waals surface area contributed by atoms with Crippen LogP contribution in [0.2, 0.25) is 5.02 Å². The molecular formula is C22H22ClNO3.